The second-order valence-corrected chi connectivity index (χ2v) is 6.24. The van der Waals surface area contributed by atoms with Crippen LogP contribution < -0.4 is 0 Å². The molecule has 166 valence electrons. The molecule has 10 nitrogen and oxygen atoms in total. The van der Waals surface area contributed by atoms with Gasteiger partial charge in [-0.15, -0.1) is 5.10 Å². The molecule has 0 unspecified atom stereocenters. The van der Waals surface area contributed by atoms with Gasteiger partial charge >= 0.3 is 0 Å². The van der Waals surface area contributed by atoms with Gasteiger partial charge in [-0.3, -0.25) is 0 Å². The first kappa shape index (κ1) is 25.3. The number of rotatable bonds is 21. The Bertz CT molecular complexity index is 540. The number of ether oxygens (including phenoxy) is 5. The number of hydrogen-bond acceptors (Lipinski definition) is 9. The third kappa shape index (κ3) is 15.8. The molecule has 0 aromatic carbocycles. The maximum absolute atomic E-state index is 10.8. The van der Waals surface area contributed by atoms with Crippen molar-refractivity contribution in [3.8, 4) is 0 Å². The minimum atomic E-state index is 0.173. The molecular formula is C19H33N3O7. The van der Waals surface area contributed by atoms with Gasteiger partial charge in [0.05, 0.1) is 72.2 Å². The number of ketones is 1. The van der Waals surface area contributed by atoms with Crippen molar-refractivity contribution in [3.63, 3.8) is 0 Å². The number of hydrogen-bond donors (Lipinski definition) is 0. The molecule has 1 aromatic rings. The van der Waals surface area contributed by atoms with Gasteiger partial charge in [-0.2, -0.15) is 0 Å². The van der Waals surface area contributed by atoms with E-state index in [-0.39, 0.29) is 5.78 Å². The fraction of sp³-hybridized carbons (Fsp3) is 0.789. The summed E-state index contributed by atoms with van der Waals surface area (Å²) in [5.74, 6) is 0.173. The van der Waals surface area contributed by atoms with E-state index in [0.717, 1.165) is 18.4 Å². The maximum Gasteiger partial charge on any atom is 0.129 e. The summed E-state index contributed by atoms with van der Waals surface area (Å²) >= 11 is 0. The van der Waals surface area contributed by atoms with Gasteiger partial charge in [0, 0.05) is 19.4 Å². The van der Waals surface area contributed by atoms with Crippen LogP contribution in [0.4, 0.5) is 0 Å². The average molecular weight is 415 g/mol. The Morgan fingerprint density at radius 1 is 0.931 bits per heavy atom. The second-order valence-electron chi connectivity index (χ2n) is 6.24. The smallest absolute Gasteiger partial charge is 0.129 e. The van der Waals surface area contributed by atoms with Crippen molar-refractivity contribution >= 4 is 12.1 Å². The number of carbonyl (C=O) groups excluding carboxylic acids is 2. The molecule has 29 heavy (non-hydrogen) atoms. The predicted octanol–water partition coefficient (Wildman–Crippen LogP) is 0.819. The number of aldehydes is 1. The zero-order valence-corrected chi connectivity index (χ0v) is 17.3. The molecule has 0 amide bonds. The van der Waals surface area contributed by atoms with Crippen LogP contribution in [0.1, 0.15) is 31.9 Å². The van der Waals surface area contributed by atoms with E-state index >= 15 is 0 Å². The van der Waals surface area contributed by atoms with E-state index in [2.05, 4.69) is 10.3 Å². The lowest BCUT2D eigenvalue weighted by Crippen LogP contribution is -2.13. The summed E-state index contributed by atoms with van der Waals surface area (Å²) in [6, 6.07) is 0. The fourth-order valence-corrected chi connectivity index (χ4v) is 2.17. The van der Waals surface area contributed by atoms with Crippen molar-refractivity contribution in [2.24, 2.45) is 0 Å². The Morgan fingerprint density at radius 2 is 1.55 bits per heavy atom. The zero-order valence-electron chi connectivity index (χ0n) is 17.3. The zero-order chi connectivity index (χ0) is 21.0. The number of carbonyl (C=O) groups is 2. The van der Waals surface area contributed by atoms with Gasteiger partial charge in [0.2, 0.25) is 0 Å². The van der Waals surface area contributed by atoms with Crippen LogP contribution in [0.15, 0.2) is 6.20 Å². The molecule has 0 N–H and O–H groups in total. The van der Waals surface area contributed by atoms with Crippen LogP contribution in [0.5, 0.6) is 0 Å². The molecule has 1 rings (SSSR count). The first-order valence-electron chi connectivity index (χ1n) is 9.93. The third-order valence-electron chi connectivity index (χ3n) is 3.61. The largest absolute Gasteiger partial charge is 0.379 e. The first-order chi connectivity index (χ1) is 14.2. The molecule has 0 saturated heterocycles. The normalized spacial score (nSPS) is 11.1. The fourth-order valence-electron chi connectivity index (χ4n) is 2.17. The number of nitrogens with zero attached hydrogens (tertiary/aromatic N) is 3. The van der Waals surface area contributed by atoms with Gasteiger partial charge in [0.1, 0.15) is 17.8 Å². The minimum absolute atomic E-state index is 0.173. The third-order valence-corrected chi connectivity index (χ3v) is 3.61. The Morgan fingerprint density at radius 3 is 2.17 bits per heavy atom. The van der Waals surface area contributed by atoms with Gasteiger partial charge in [0.25, 0.3) is 0 Å². The van der Waals surface area contributed by atoms with Gasteiger partial charge in [-0.1, -0.05) is 5.21 Å². The van der Waals surface area contributed by atoms with E-state index in [1.165, 1.54) is 0 Å². The summed E-state index contributed by atoms with van der Waals surface area (Å²) in [7, 11) is 0. The van der Waals surface area contributed by atoms with Crippen molar-refractivity contribution in [1.82, 2.24) is 15.0 Å². The molecule has 0 spiro atoms. The molecule has 1 aromatic heterocycles. The van der Waals surface area contributed by atoms with Crippen LogP contribution in [0, 0.1) is 0 Å². The lowest BCUT2D eigenvalue weighted by molar-refractivity contribution is -0.117. The lowest BCUT2D eigenvalue weighted by Gasteiger charge is -2.07. The molecule has 0 saturated carbocycles. The molecule has 0 aliphatic rings. The summed E-state index contributed by atoms with van der Waals surface area (Å²) in [5.41, 5.74) is 0.755. The molecule has 10 heteroatoms. The predicted molar refractivity (Wildman–Crippen MR) is 104 cm³/mol. The van der Waals surface area contributed by atoms with Crippen molar-refractivity contribution in [2.45, 2.75) is 39.3 Å². The number of aromatic nitrogens is 3. The topological polar surface area (TPSA) is 111 Å². The van der Waals surface area contributed by atoms with Crippen LogP contribution in [0.3, 0.4) is 0 Å². The molecule has 0 atom stereocenters. The first-order valence-corrected chi connectivity index (χ1v) is 9.93. The molecule has 0 bridgehead atoms. The quantitative estimate of drug-likeness (QED) is 0.213. The highest BCUT2D eigenvalue weighted by Crippen LogP contribution is 1.99. The summed E-state index contributed by atoms with van der Waals surface area (Å²) < 4.78 is 28.6. The molecule has 1 heterocycles. The van der Waals surface area contributed by atoms with E-state index in [4.69, 9.17) is 23.7 Å². The van der Waals surface area contributed by atoms with E-state index in [1.54, 1.807) is 11.6 Å². The van der Waals surface area contributed by atoms with Crippen LogP contribution in [-0.2, 0) is 46.4 Å². The molecule has 0 fully saturated rings. The Balaban J connectivity index is 1.86. The Kier molecular flexibility index (Phi) is 16.0. The highest BCUT2D eigenvalue weighted by molar-refractivity contribution is 5.75. The minimum Gasteiger partial charge on any atom is -0.379 e. The number of Topliss-reactive ketones (excluding diaryl/α,β-unsaturated/α-hetero) is 1. The van der Waals surface area contributed by atoms with E-state index in [1.807, 2.05) is 6.20 Å². The van der Waals surface area contributed by atoms with Gasteiger partial charge in [-0.05, 0) is 13.3 Å². The highest BCUT2D eigenvalue weighted by atomic mass is 16.6. The summed E-state index contributed by atoms with van der Waals surface area (Å²) in [5, 5.41) is 8.06. The molecular weight excluding hydrogens is 382 g/mol. The average Bonchev–Trinajstić information content (AvgIpc) is 3.15. The van der Waals surface area contributed by atoms with Crippen LogP contribution in [0.25, 0.3) is 0 Å². The van der Waals surface area contributed by atoms with Crippen molar-refractivity contribution < 1.29 is 33.3 Å². The second kappa shape index (κ2) is 18.3. The standard InChI is InChI=1S/C19H33N3O7/c1-18(24)4-2-7-29-17-19-16-22(21-20-19)5-9-26-11-13-28-15-14-27-12-10-25-8-3-6-23/h6,16H,2-5,7-15,17H2,1H3. The van der Waals surface area contributed by atoms with E-state index < -0.39 is 0 Å². The van der Waals surface area contributed by atoms with E-state index in [0.29, 0.717) is 85.5 Å². The SMILES string of the molecule is CC(=O)CCCOCc1cn(CCOCCOCCOCCOCCC=O)nn1. The van der Waals surface area contributed by atoms with Gasteiger partial charge in [-0.25, -0.2) is 4.68 Å². The maximum atomic E-state index is 10.8. The lowest BCUT2D eigenvalue weighted by atomic mass is 10.2. The monoisotopic (exact) mass is 415 g/mol. The summed E-state index contributed by atoms with van der Waals surface area (Å²) in [6.07, 6.45) is 4.34. The van der Waals surface area contributed by atoms with Crippen molar-refractivity contribution in [1.29, 1.82) is 0 Å². The molecule has 0 radical (unpaired) electrons. The van der Waals surface area contributed by atoms with E-state index in [9.17, 15) is 9.59 Å². The highest BCUT2D eigenvalue weighted by Gasteiger charge is 2.02. The van der Waals surface area contributed by atoms with Crippen molar-refractivity contribution in [2.75, 3.05) is 59.5 Å². The van der Waals surface area contributed by atoms with Crippen molar-refractivity contribution in [3.05, 3.63) is 11.9 Å². The Labute approximate surface area is 171 Å². The van der Waals surface area contributed by atoms with Crippen LogP contribution >= 0.6 is 0 Å². The molecule has 0 aliphatic heterocycles. The Hall–Kier alpha value is -1.72. The van der Waals surface area contributed by atoms with Gasteiger partial charge in [0.15, 0.2) is 0 Å². The summed E-state index contributed by atoms with van der Waals surface area (Å²) in [6.45, 7) is 7.01. The van der Waals surface area contributed by atoms with Gasteiger partial charge < -0.3 is 33.3 Å². The molecule has 0 aliphatic carbocycles. The van der Waals surface area contributed by atoms with Crippen LogP contribution in [-0.4, -0.2) is 86.5 Å². The van der Waals surface area contributed by atoms with Crippen LogP contribution in [0.2, 0.25) is 0 Å². The summed E-state index contributed by atoms with van der Waals surface area (Å²) in [4.78, 5) is 20.9.